The third kappa shape index (κ3) is 5.57. The van der Waals surface area contributed by atoms with Crippen LogP contribution in [0, 0.1) is 0 Å². The molecule has 3 rings (SSSR count). The summed E-state index contributed by atoms with van der Waals surface area (Å²) in [5, 5.41) is 6.01. The Bertz CT molecular complexity index is 801. The van der Waals surface area contributed by atoms with Gasteiger partial charge in [0.25, 0.3) is 0 Å². The number of hydrogen-bond donors (Lipinski definition) is 3. The van der Waals surface area contributed by atoms with E-state index in [1.807, 2.05) is 42.2 Å². The minimum absolute atomic E-state index is 0.114. The van der Waals surface area contributed by atoms with Gasteiger partial charge in [0.1, 0.15) is 12.6 Å². The van der Waals surface area contributed by atoms with E-state index in [4.69, 9.17) is 0 Å². The largest absolute Gasteiger partial charge is 0.374 e. The zero-order chi connectivity index (χ0) is 19.9. The molecule has 0 bridgehead atoms. The first kappa shape index (κ1) is 19.9. The lowest BCUT2D eigenvalue weighted by molar-refractivity contribution is -0.917. The summed E-state index contributed by atoms with van der Waals surface area (Å²) in [5.74, 6) is 0.000778. The van der Waals surface area contributed by atoms with Crippen LogP contribution in [-0.2, 0) is 16.1 Å². The Hall–Kier alpha value is -2.86. The molecule has 1 fully saturated rings. The molecule has 0 aromatic heterocycles. The first-order valence-corrected chi connectivity index (χ1v) is 9.82. The van der Waals surface area contributed by atoms with Crippen molar-refractivity contribution in [3.05, 3.63) is 60.2 Å². The van der Waals surface area contributed by atoms with E-state index in [0.717, 1.165) is 44.1 Å². The van der Waals surface area contributed by atoms with Gasteiger partial charge in [-0.25, -0.2) is 0 Å². The fourth-order valence-corrected chi connectivity index (χ4v) is 3.58. The van der Waals surface area contributed by atoms with Crippen LogP contribution in [0.2, 0.25) is 0 Å². The molecule has 28 heavy (non-hydrogen) atoms. The minimum Gasteiger partial charge on any atom is -0.374 e. The summed E-state index contributed by atoms with van der Waals surface area (Å²) in [5.41, 5.74) is 2.88. The third-order valence-corrected chi connectivity index (χ3v) is 5.02. The first-order valence-electron chi connectivity index (χ1n) is 9.82. The van der Waals surface area contributed by atoms with Crippen LogP contribution in [0.25, 0.3) is 0 Å². The van der Waals surface area contributed by atoms with Gasteiger partial charge in [-0.05, 0) is 25.1 Å². The van der Waals surface area contributed by atoms with Gasteiger partial charge in [0.2, 0.25) is 11.8 Å². The van der Waals surface area contributed by atoms with Crippen LogP contribution in [0.1, 0.15) is 19.4 Å². The summed E-state index contributed by atoms with van der Waals surface area (Å²) < 4.78 is 0. The van der Waals surface area contributed by atoms with E-state index in [0.29, 0.717) is 0 Å². The van der Waals surface area contributed by atoms with E-state index in [9.17, 15) is 9.59 Å². The molecule has 2 aromatic rings. The van der Waals surface area contributed by atoms with Crippen molar-refractivity contribution in [1.82, 2.24) is 4.90 Å². The van der Waals surface area contributed by atoms with Crippen LogP contribution in [-0.4, -0.2) is 48.9 Å². The van der Waals surface area contributed by atoms with Crippen LogP contribution < -0.4 is 15.5 Å². The Labute approximate surface area is 166 Å². The molecule has 3 N–H and O–H groups in total. The topological polar surface area (TPSA) is 65.9 Å². The lowest BCUT2D eigenvalue weighted by Crippen LogP contribution is -3.13. The standard InChI is InChI=1S/C22H28N4O2/c1-17(23-20-9-6-10-21(15-20)24-18(2)27)22(28)26-13-11-25(12-14-26)16-19-7-4-3-5-8-19/h3-10,15,17,23H,11-14,16H2,1-2H3,(H,24,27)/p+1/t17-/m1/s1. The second-order valence-corrected chi connectivity index (χ2v) is 7.37. The van der Waals surface area contributed by atoms with E-state index >= 15 is 0 Å². The molecule has 1 heterocycles. The molecule has 1 aliphatic heterocycles. The second-order valence-electron chi connectivity index (χ2n) is 7.37. The quantitative estimate of drug-likeness (QED) is 0.708. The number of carbonyl (C=O) groups excluding carboxylic acids is 2. The van der Waals surface area contributed by atoms with Crippen molar-refractivity contribution in [3.63, 3.8) is 0 Å². The van der Waals surface area contributed by atoms with Crippen LogP contribution >= 0.6 is 0 Å². The Balaban J connectivity index is 1.50. The molecule has 0 radical (unpaired) electrons. The number of carbonyl (C=O) groups is 2. The van der Waals surface area contributed by atoms with Gasteiger partial charge in [-0.1, -0.05) is 36.4 Å². The Morgan fingerprint density at radius 3 is 2.39 bits per heavy atom. The van der Waals surface area contributed by atoms with Gasteiger partial charge in [0, 0.05) is 23.9 Å². The number of benzene rings is 2. The lowest BCUT2D eigenvalue weighted by Gasteiger charge is -2.34. The summed E-state index contributed by atoms with van der Waals surface area (Å²) in [4.78, 5) is 27.5. The molecule has 0 saturated carbocycles. The lowest BCUT2D eigenvalue weighted by atomic mass is 10.2. The van der Waals surface area contributed by atoms with E-state index in [1.54, 1.807) is 0 Å². The van der Waals surface area contributed by atoms with E-state index in [2.05, 4.69) is 34.9 Å². The Morgan fingerprint density at radius 1 is 1.04 bits per heavy atom. The molecule has 0 aliphatic carbocycles. The monoisotopic (exact) mass is 381 g/mol. The highest BCUT2D eigenvalue weighted by molar-refractivity contribution is 5.89. The fraction of sp³-hybridized carbons (Fsp3) is 0.364. The molecule has 1 aliphatic rings. The zero-order valence-electron chi connectivity index (χ0n) is 16.6. The van der Waals surface area contributed by atoms with Crippen molar-refractivity contribution in [3.8, 4) is 0 Å². The number of rotatable bonds is 6. The summed E-state index contributed by atoms with van der Waals surface area (Å²) in [6, 6.07) is 17.6. The third-order valence-electron chi connectivity index (χ3n) is 5.02. The highest BCUT2D eigenvalue weighted by atomic mass is 16.2. The molecule has 2 amide bonds. The summed E-state index contributed by atoms with van der Waals surface area (Å²) >= 11 is 0. The van der Waals surface area contributed by atoms with Crippen LogP contribution in [0.3, 0.4) is 0 Å². The number of amides is 2. The Kier molecular flexibility index (Phi) is 6.66. The van der Waals surface area contributed by atoms with Gasteiger partial charge in [-0.2, -0.15) is 0 Å². The zero-order valence-corrected chi connectivity index (χ0v) is 16.6. The van der Waals surface area contributed by atoms with Crippen LogP contribution in [0.5, 0.6) is 0 Å². The van der Waals surface area contributed by atoms with Gasteiger partial charge < -0.3 is 20.4 Å². The second kappa shape index (κ2) is 9.37. The molecule has 1 saturated heterocycles. The van der Waals surface area contributed by atoms with Crippen molar-refractivity contribution in [2.45, 2.75) is 26.4 Å². The molecule has 6 heteroatoms. The first-order chi connectivity index (χ1) is 13.5. The van der Waals surface area contributed by atoms with Crippen LogP contribution in [0.4, 0.5) is 11.4 Å². The molecule has 0 spiro atoms. The summed E-state index contributed by atoms with van der Waals surface area (Å²) in [6.45, 7) is 7.85. The molecule has 148 valence electrons. The van der Waals surface area contributed by atoms with Crippen molar-refractivity contribution < 1.29 is 14.5 Å². The number of hydrogen-bond acceptors (Lipinski definition) is 3. The molecule has 0 unspecified atom stereocenters. The van der Waals surface area contributed by atoms with Crippen LogP contribution in [0.15, 0.2) is 54.6 Å². The molecule has 6 nitrogen and oxygen atoms in total. The number of nitrogens with zero attached hydrogens (tertiary/aromatic N) is 1. The van der Waals surface area contributed by atoms with E-state index in [-0.39, 0.29) is 17.9 Å². The highest BCUT2D eigenvalue weighted by Crippen LogP contribution is 2.16. The number of nitrogens with one attached hydrogen (secondary N) is 3. The van der Waals surface area contributed by atoms with Crippen molar-refractivity contribution in [2.75, 3.05) is 36.8 Å². The highest BCUT2D eigenvalue weighted by Gasteiger charge is 2.26. The van der Waals surface area contributed by atoms with E-state index in [1.165, 1.54) is 17.4 Å². The average Bonchev–Trinajstić information content (AvgIpc) is 2.68. The number of anilines is 2. The van der Waals surface area contributed by atoms with Crippen molar-refractivity contribution in [1.29, 1.82) is 0 Å². The predicted molar refractivity (Wildman–Crippen MR) is 111 cm³/mol. The molecular weight excluding hydrogens is 352 g/mol. The number of piperazine rings is 1. The van der Waals surface area contributed by atoms with Gasteiger partial charge in [-0.15, -0.1) is 0 Å². The maximum absolute atomic E-state index is 12.8. The maximum Gasteiger partial charge on any atom is 0.245 e. The fourth-order valence-electron chi connectivity index (χ4n) is 3.58. The summed E-state index contributed by atoms with van der Waals surface area (Å²) in [6.07, 6.45) is 0. The minimum atomic E-state index is -0.316. The van der Waals surface area contributed by atoms with Crippen molar-refractivity contribution >= 4 is 23.2 Å². The average molecular weight is 382 g/mol. The SMILES string of the molecule is CC(=O)Nc1cccc(N[C@H](C)C(=O)N2CC[NH+](Cc3ccccc3)CC2)c1. The summed E-state index contributed by atoms with van der Waals surface area (Å²) in [7, 11) is 0. The molecular formula is C22H29N4O2+. The van der Waals surface area contributed by atoms with Crippen molar-refractivity contribution in [2.24, 2.45) is 0 Å². The normalized spacial score (nSPS) is 15.7. The van der Waals surface area contributed by atoms with Gasteiger partial charge in [0.05, 0.1) is 26.2 Å². The number of quaternary nitrogens is 1. The maximum atomic E-state index is 12.8. The van der Waals surface area contributed by atoms with Gasteiger partial charge in [-0.3, -0.25) is 9.59 Å². The molecule has 1 atom stereocenters. The van der Waals surface area contributed by atoms with Gasteiger partial charge in [0.15, 0.2) is 0 Å². The Morgan fingerprint density at radius 2 is 1.71 bits per heavy atom. The molecule has 2 aromatic carbocycles. The van der Waals surface area contributed by atoms with Gasteiger partial charge >= 0.3 is 0 Å². The smallest absolute Gasteiger partial charge is 0.245 e. The predicted octanol–water partition coefficient (Wildman–Crippen LogP) is 1.37. The van der Waals surface area contributed by atoms with E-state index < -0.39 is 0 Å².